The summed E-state index contributed by atoms with van der Waals surface area (Å²) in [5.41, 5.74) is 2.74. The number of para-hydroxylation sites is 1. The number of sulfonamides is 1. The molecule has 3 rings (SSSR count). The van der Waals surface area contributed by atoms with Crippen LogP contribution in [0.3, 0.4) is 0 Å². The van der Waals surface area contributed by atoms with Gasteiger partial charge in [0.15, 0.2) is 11.5 Å². The van der Waals surface area contributed by atoms with E-state index in [4.69, 9.17) is 9.47 Å². The van der Waals surface area contributed by atoms with Gasteiger partial charge in [-0.1, -0.05) is 24.3 Å². The van der Waals surface area contributed by atoms with Gasteiger partial charge in [0.05, 0.1) is 23.8 Å². The number of carbonyl (C=O) groups excluding carboxylic acids is 1. The van der Waals surface area contributed by atoms with E-state index in [0.717, 1.165) is 11.1 Å². The summed E-state index contributed by atoms with van der Waals surface area (Å²) in [6, 6.07) is 18.7. The van der Waals surface area contributed by atoms with E-state index in [1.54, 1.807) is 12.1 Å². The van der Waals surface area contributed by atoms with Crippen LogP contribution in [-0.4, -0.2) is 34.1 Å². The second kappa shape index (κ2) is 11.6. The average molecular weight is 483 g/mol. The number of aryl methyl sites for hydroxylation is 1. The van der Waals surface area contributed by atoms with E-state index in [1.807, 2.05) is 51.1 Å². The largest absolute Gasteiger partial charge is 0.490 e. The van der Waals surface area contributed by atoms with Crippen LogP contribution in [0.15, 0.2) is 71.6 Å². The van der Waals surface area contributed by atoms with E-state index in [9.17, 15) is 13.2 Å². The normalized spacial score (nSPS) is 11.0. The molecule has 3 aromatic rings. The van der Waals surface area contributed by atoms with Gasteiger partial charge in [-0.3, -0.25) is 9.52 Å². The van der Waals surface area contributed by atoms with E-state index in [-0.39, 0.29) is 10.8 Å². The van der Waals surface area contributed by atoms with Gasteiger partial charge in [-0.25, -0.2) is 8.42 Å². The molecule has 0 aliphatic carbocycles. The van der Waals surface area contributed by atoms with Gasteiger partial charge in [0.2, 0.25) is 0 Å². The van der Waals surface area contributed by atoms with Crippen LogP contribution in [0.4, 0.5) is 5.69 Å². The van der Waals surface area contributed by atoms with Gasteiger partial charge >= 0.3 is 0 Å². The maximum Gasteiger partial charge on any atom is 0.261 e. The lowest BCUT2D eigenvalue weighted by atomic mass is 10.1. The van der Waals surface area contributed by atoms with Crippen LogP contribution in [0.2, 0.25) is 0 Å². The Hall–Kier alpha value is -3.52. The zero-order chi connectivity index (χ0) is 24.6. The molecule has 0 saturated heterocycles. The summed E-state index contributed by atoms with van der Waals surface area (Å²) in [7, 11) is -3.75. The zero-order valence-corrected chi connectivity index (χ0v) is 20.4. The molecule has 7 nitrogen and oxygen atoms in total. The number of nitrogens with one attached hydrogen (secondary N) is 2. The minimum Gasteiger partial charge on any atom is -0.490 e. The minimum atomic E-state index is -3.75. The topological polar surface area (TPSA) is 93.7 Å². The highest BCUT2D eigenvalue weighted by Gasteiger charge is 2.16. The fourth-order valence-electron chi connectivity index (χ4n) is 3.35. The molecule has 0 heterocycles. The lowest BCUT2D eigenvalue weighted by molar-refractivity contribution is 0.0954. The third-order valence-corrected chi connectivity index (χ3v) is 6.50. The Labute approximate surface area is 201 Å². The van der Waals surface area contributed by atoms with Crippen molar-refractivity contribution in [2.75, 3.05) is 24.5 Å². The minimum absolute atomic E-state index is 0.0881. The Kier molecular flexibility index (Phi) is 8.54. The fraction of sp³-hybridized carbons (Fsp3) is 0.269. The van der Waals surface area contributed by atoms with E-state index in [2.05, 4.69) is 10.0 Å². The molecule has 0 aromatic heterocycles. The number of ether oxygens (including phenoxy) is 2. The SMILES string of the molecule is CCOc1ccc(CCNC(=O)c2ccc(S(=O)(=O)Nc3ccccc3C)cc2)cc1OCC. The molecule has 2 N–H and O–H groups in total. The van der Waals surface area contributed by atoms with Crippen molar-refractivity contribution in [3.63, 3.8) is 0 Å². The van der Waals surface area contributed by atoms with Crippen molar-refractivity contribution in [1.29, 1.82) is 0 Å². The van der Waals surface area contributed by atoms with Gasteiger partial charge in [-0.2, -0.15) is 0 Å². The monoisotopic (exact) mass is 482 g/mol. The molecule has 0 bridgehead atoms. The van der Waals surface area contributed by atoms with Crippen molar-refractivity contribution in [2.24, 2.45) is 0 Å². The number of rotatable bonds is 11. The molecule has 0 fully saturated rings. The summed E-state index contributed by atoms with van der Waals surface area (Å²) in [6.45, 7) is 7.17. The molecule has 0 atom stereocenters. The molecule has 0 unspecified atom stereocenters. The molecule has 0 radical (unpaired) electrons. The first-order valence-corrected chi connectivity index (χ1v) is 12.7. The van der Waals surface area contributed by atoms with Gasteiger partial charge < -0.3 is 14.8 Å². The molecule has 0 spiro atoms. The number of carbonyl (C=O) groups is 1. The Morgan fingerprint density at radius 2 is 1.56 bits per heavy atom. The Bertz CT molecular complexity index is 1220. The van der Waals surface area contributed by atoms with Crippen LogP contribution < -0.4 is 19.5 Å². The van der Waals surface area contributed by atoms with Gasteiger partial charge in [-0.15, -0.1) is 0 Å². The number of benzene rings is 3. The van der Waals surface area contributed by atoms with Crippen molar-refractivity contribution in [3.8, 4) is 11.5 Å². The van der Waals surface area contributed by atoms with Gasteiger partial charge in [0.25, 0.3) is 15.9 Å². The van der Waals surface area contributed by atoms with Gasteiger partial charge in [0, 0.05) is 12.1 Å². The first-order valence-electron chi connectivity index (χ1n) is 11.2. The molecule has 0 saturated carbocycles. The quantitative estimate of drug-likeness (QED) is 0.418. The van der Waals surface area contributed by atoms with E-state index in [1.165, 1.54) is 24.3 Å². The lowest BCUT2D eigenvalue weighted by Gasteiger charge is -2.13. The summed E-state index contributed by atoms with van der Waals surface area (Å²) in [4.78, 5) is 12.6. The number of amides is 1. The number of hydrogen-bond acceptors (Lipinski definition) is 5. The van der Waals surface area contributed by atoms with Crippen molar-refractivity contribution < 1.29 is 22.7 Å². The maximum absolute atomic E-state index is 12.7. The molecule has 8 heteroatoms. The molecule has 3 aromatic carbocycles. The molecule has 180 valence electrons. The first-order chi connectivity index (χ1) is 16.3. The fourth-order valence-corrected chi connectivity index (χ4v) is 4.48. The molecular weight excluding hydrogens is 452 g/mol. The third-order valence-electron chi connectivity index (χ3n) is 5.12. The molecule has 34 heavy (non-hydrogen) atoms. The smallest absolute Gasteiger partial charge is 0.261 e. The van der Waals surface area contributed by atoms with Crippen LogP contribution in [-0.2, 0) is 16.4 Å². The van der Waals surface area contributed by atoms with Crippen LogP contribution >= 0.6 is 0 Å². The Morgan fingerprint density at radius 1 is 0.882 bits per heavy atom. The zero-order valence-electron chi connectivity index (χ0n) is 19.6. The van der Waals surface area contributed by atoms with Crippen LogP contribution in [0.1, 0.15) is 35.3 Å². The summed E-state index contributed by atoms with van der Waals surface area (Å²) >= 11 is 0. The van der Waals surface area contributed by atoms with Gasteiger partial charge in [0.1, 0.15) is 0 Å². The van der Waals surface area contributed by atoms with Crippen LogP contribution in [0, 0.1) is 6.92 Å². The number of anilines is 1. The highest BCUT2D eigenvalue weighted by Crippen LogP contribution is 2.28. The lowest BCUT2D eigenvalue weighted by Crippen LogP contribution is -2.25. The summed E-state index contributed by atoms with van der Waals surface area (Å²) in [6.07, 6.45) is 0.616. The molecule has 1 amide bonds. The second-order valence-corrected chi connectivity index (χ2v) is 9.28. The maximum atomic E-state index is 12.7. The standard InChI is InChI=1S/C26H30N2O5S/c1-4-32-24-15-10-20(18-25(24)33-5-2)16-17-27-26(29)21-11-13-22(14-12-21)34(30,31)28-23-9-7-6-8-19(23)3/h6-15,18,28H,4-5,16-17H2,1-3H3,(H,27,29). The summed E-state index contributed by atoms with van der Waals surface area (Å²) < 4.78 is 39.1. The predicted molar refractivity (Wildman–Crippen MR) is 133 cm³/mol. The first kappa shape index (κ1) is 25.1. The predicted octanol–water partition coefficient (Wildman–Crippen LogP) is 4.57. The molecule has 0 aliphatic rings. The highest BCUT2D eigenvalue weighted by molar-refractivity contribution is 7.92. The van der Waals surface area contributed by atoms with E-state index >= 15 is 0 Å². The van der Waals surface area contributed by atoms with Crippen molar-refractivity contribution in [2.45, 2.75) is 32.1 Å². The third kappa shape index (κ3) is 6.51. The van der Waals surface area contributed by atoms with Crippen LogP contribution in [0.5, 0.6) is 11.5 Å². The van der Waals surface area contributed by atoms with Crippen LogP contribution in [0.25, 0.3) is 0 Å². The van der Waals surface area contributed by atoms with E-state index in [0.29, 0.717) is 48.9 Å². The van der Waals surface area contributed by atoms with Gasteiger partial charge in [-0.05, 0) is 80.8 Å². The average Bonchev–Trinajstić information content (AvgIpc) is 2.82. The summed E-state index contributed by atoms with van der Waals surface area (Å²) in [5, 5.41) is 2.87. The molecule has 0 aliphatic heterocycles. The Balaban J connectivity index is 1.59. The van der Waals surface area contributed by atoms with Crippen molar-refractivity contribution in [3.05, 3.63) is 83.4 Å². The molecular formula is C26H30N2O5S. The Morgan fingerprint density at radius 3 is 2.24 bits per heavy atom. The van der Waals surface area contributed by atoms with Crippen molar-refractivity contribution in [1.82, 2.24) is 5.32 Å². The summed E-state index contributed by atoms with van der Waals surface area (Å²) in [5.74, 6) is 1.11. The second-order valence-electron chi connectivity index (χ2n) is 7.60. The van der Waals surface area contributed by atoms with E-state index < -0.39 is 10.0 Å². The van der Waals surface area contributed by atoms with Crippen molar-refractivity contribution >= 4 is 21.6 Å². The highest BCUT2D eigenvalue weighted by atomic mass is 32.2. The number of hydrogen-bond donors (Lipinski definition) is 2.